The summed E-state index contributed by atoms with van der Waals surface area (Å²) in [7, 11) is 0. The number of benzene rings is 2. The molecule has 0 saturated carbocycles. The van der Waals surface area contributed by atoms with Gasteiger partial charge in [-0.3, -0.25) is 9.59 Å². The number of hydrazone groups is 1. The van der Waals surface area contributed by atoms with Crippen molar-refractivity contribution < 1.29 is 23.5 Å². The van der Waals surface area contributed by atoms with E-state index in [2.05, 4.69) is 15.8 Å². The van der Waals surface area contributed by atoms with Crippen LogP contribution in [0.1, 0.15) is 16.1 Å². The van der Waals surface area contributed by atoms with Gasteiger partial charge in [0, 0.05) is 5.02 Å². The molecule has 10 heteroatoms. The van der Waals surface area contributed by atoms with E-state index in [-0.39, 0.29) is 16.5 Å². The number of furan rings is 1. The maximum atomic E-state index is 11.9. The normalized spacial score (nSPS) is 10.6. The van der Waals surface area contributed by atoms with Gasteiger partial charge in [0.2, 0.25) is 5.76 Å². The zero-order valence-electron chi connectivity index (χ0n) is 15.1. The largest absolute Gasteiger partial charge is 0.457 e. The van der Waals surface area contributed by atoms with Crippen LogP contribution in [0.4, 0.5) is 5.69 Å². The third kappa shape index (κ3) is 5.69. The van der Waals surface area contributed by atoms with Gasteiger partial charge < -0.3 is 14.5 Å². The van der Waals surface area contributed by atoms with Crippen LogP contribution in [-0.2, 0) is 9.59 Å². The van der Waals surface area contributed by atoms with Crippen LogP contribution in [0.2, 0.25) is 10.0 Å². The molecule has 0 radical (unpaired) electrons. The molecule has 2 amide bonds. The Labute approximate surface area is 180 Å². The Bertz CT molecular complexity index is 1100. The van der Waals surface area contributed by atoms with E-state index in [1.165, 1.54) is 42.8 Å². The van der Waals surface area contributed by atoms with Crippen LogP contribution >= 0.6 is 23.2 Å². The smallest absolute Gasteiger partial charge is 0.379 e. The van der Waals surface area contributed by atoms with E-state index in [1.807, 2.05) is 0 Å². The monoisotopic (exact) mass is 445 g/mol. The fraction of sp³-hybridized carbons (Fsp3) is 0. The summed E-state index contributed by atoms with van der Waals surface area (Å²) in [5.74, 6) is -2.20. The Kier molecular flexibility index (Phi) is 6.84. The summed E-state index contributed by atoms with van der Waals surface area (Å²) in [6, 6.07) is 13.8. The number of amides is 2. The number of nitrogens with one attached hydrogen (secondary N) is 2. The highest BCUT2D eigenvalue weighted by Gasteiger charge is 2.15. The quantitative estimate of drug-likeness (QED) is 0.203. The molecule has 0 spiro atoms. The van der Waals surface area contributed by atoms with E-state index in [0.717, 1.165) is 0 Å². The number of halogens is 2. The van der Waals surface area contributed by atoms with Gasteiger partial charge >= 0.3 is 17.8 Å². The molecule has 0 atom stereocenters. The van der Waals surface area contributed by atoms with Crippen LogP contribution in [0.15, 0.2) is 70.4 Å². The lowest BCUT2D eigenvalue weighted by atomic mass is 10.2. The molecule has 8 nitrogen and oxygen atoms in total. The molecule has 2 aromatic carbocycles. The molecular formula is C20H13Cl2N3O5. The molecule has 1 heterocycles. The number of rotatable bonds is 5. The SMILES string of the molecule is O=C(NN=Cc1ccc(OC(=O)c2ccco2)cc1)C(=O)Nc1cc(Cl)ccc1Cl. The first-order valence-electron chi connectivity index (χ1n) is 8.37. The highest BCUT2D eigenvalue weighted by atomic mass is 35.5. The molecule has 152 valence electrons. The van der Waals surface area contributed by atoms with Gasteiger partial charge in [0.1, 0.15) is 5.75 Å². The average molecular weight is 446 g/mol. The van der Waals surface area contributed by atoms with Crippen molar-refractivity contribution in [3.8, 4) is 5.75 Å². The number of hydrogen-bond acceptors (Lipinski definition) is 6. The first-order valence-corrected chi connectivity index (χ1v) is 9.13. The lowest BCUT2D eigenvalue weighted by Gasteiger charge is -2.06. The Hall–Kier alpha value is -3.62. The van der Waals surface area contributed by atoms with Gasteiger partial charge in [-0.1, -0.05) is 23.2 Å². The van der Waals surface area contributed by atoms with E-state index in [9.17, 15) is 14.4 Å². The van der Waals surface area contributed by atoms with E-state index in [1.54, 1.807) is 24.3 Å². The van der Waals surface area contributed by atoms with E-state index >= 15 is 0 Å². The highest BCUT2D eigenvalue weighted by Crippen LogP contribution is 2.25. The molecule has 0 aliphatic heterocycles. The van der Waals surface area contributed by atoms with Crippen LogP contribution in [0.5, 0.6) is 5.75 Å². The Morgan fingerprint density at radius 3 is 2.47 bits per heavy atom. The lowest BCUT2D eigenvalue weighted by molar-refractivity contribution is -0.136. The van der Waals surface area contributed by atoms with Crippen LogP contribution in [-0.4, -0.2) is 24.0 Å². The topological polar surface area (TPSA) is 110 Å². The number of anilines is 1. The van der Waals surface area contributed by atoms with Crippen molar-refractivity contribution in [2.24, 2.45) is 5.10 Å². The second-order valence-corrected chi connectivity index (χ2v) is 6.56. The first-order chi connectivity index (χ1) is 14.4. The lowest BCUT2D eigenvalue weighted by Crippen LogP contribution is -2.32. The number of nitrogens with zero attached hydrogens (tertiary/aromatic N) is 1. The highest BCUT2D eigenvalue weighted by molar-refractivity contribution is 6.42. The minimum atomic E-state index is -0.994. The number of hydrogen-bond donors (Lipinski definition) is 2. The van der Waals surface area contributed by atoms with Crippen molar-refractivity contribution in [3.63, 3.8) is 0 Å². The summed E-state index contributed by atoms with van der Waals surface area (Å²) < 4.78 is 10.1. The van der Waals surface area contributed by atoms with Crippen molar-refractivity contribution >= 4 is 52.9 Å². The van der Waals surface area contributed by atoms with Crippen LogP contribution in [0, 0.1) is 0 Å². The van der Waals surface area contributed by atoms with Gasteiger partial charge in [0.05, 0.1) is 23.2 Å². The molecule has 0 saturated heterocycles. The summed E-state index contributed by atoms with van der Waals surface area (Å²) in [6.45, 7) is 0. The number of carbonyl (C=O) groups is 3. The molecule has 30 heavy (non-hydrogen) atoms. The molecular weight excluding hydrogens is 433 g/mol. The predicted octanol–water partition coefficient (Wildman–Crippen LogP) is 3.89. The average Bonchev–Trinajstić information content (AvgIpc) is 3.27. The molecule has 3 rings (SSSR count). The maximum Gasteiger partial charge on any atom is 0.379 e. The molecule has 0 aliphatic carbocycles. The Balaban J connectivity index is 1.52. The second kappa shape index (κ2) is 9.73. The summed E-state index contributed by atoms with van der Waals surface area (Å²) in [5.41, 5.74) is 2.89. The van der Waals surface area contributed by atoms with Crippen molar-refractivity contribution in [1.82, 2.24) is 5.43 Å². The van der Waals surface area contributed by atoms with Crippen LogP contribution in [0.3, 0.4) is 0 Å². The fourth-order valence-electron chi connectivity index (χ4n) is 2.16. The number of carbonyl (C=O) groups excluding carboxylic acids is 3. The van der Waals surface area contributed by atoms with Gasteiger partial charge in [-0.25, -0.2) is 10.2 Å². The summed E-state index contributed by atoms with van der Waals surface area (Å²) in [4.78, 5) is 35.5. The zero-order valence-corrected chi connectivity index (χ0v) is 16.6. The number of esters is 1. The molecule has 0 fully saturated rings. The van der Waals surface area contributed by atoms with Crippen molar-refractivity contribution in [3.05, 3.63) is 82.2 Å². The third-order valence-corrected chi connectivity index (χ3v) is 4.14. The molecule has 1 aromatic heterocycles. The van der Waals surface area contributed by atoms with Crippen molar-refractivity contribution in [2.75, 3.05) is 5.32 Å². The van der Waals surface area contributed by atoms with Crippen LogP contribution < -0.4 is 15.5 Å². The van der Waals surface area contributed by atoms with Gasteiger partial charge in [-0.2, -0.15) is 5.10 Å². The van der Waals surface area contributed by atoms with E-state index < -0.39 is 17.8 Å². The van der Waals surface area contributed by atoms with Gasteiger partial charge in [0.25, 0.3) is 0 Å². The zero-order chi connectivity index (χ0) is 21.5. The minimum Gasteiger partial charge on any atom is -0.457 e. The van der Waals surface area contributed by atoms with E-state index in [4.69, 9.17) is 32.4 Å². The van der Waals surface area contributed by atoms with Crippen molar-refractivity contribution in [2.45, 2.75) is 0 Å². The maximum absolute atomic E-state index is 11.9. The molecule has 0 unspecified atom stereocenters. The summed E-state index contributed by atoms with van der Waals surface area (Å²) in [6.07, 6.45) is 2.68. The standard InChI is InChI=1S/C20H13Cl2N3O5/c21-13-5-8-15(22)16(10-13)24-18(26)19(27)25-23-11-12-3-6-14(7-4-12)30-20(28)17-2-1-9-29-17/h1-11H,(H,24,26)(H,25,27). The summed E-state index contributed by atoms with van der Waals surface area (Å²) >= 11 is 11.8. The Morgan fingerprint density at radius 1 is 1.00 bits per heavy atom. The first kappa shape index (κ1) is 21.1. The molecule has 2 N–H and O–H groups in total. The molecule has 0 aliphatic rings. The fourth-order valence-corrected chi connectivity index (χ4v) is 2.50. The summed E-state index contributed by atoms with van der Waals surface area (Å²) in [5, 5.41) is 6.63. The molecule has 0 bridgehead atoms. The van der Waals surface area contributed by atoms with Crippen molar-refractivity contribution in [1.29, 1.82) is 0 Å². The van der Waals surface area contributed by atoms with Crippen LogP contribution in [0.25, 0.3) is 0 Å². The van der Waals surface area contributed by atoms with Gasteiger partial charge in [0.15, 0.2) is 0 Å². The number of ether oxygens (including phenoxy) is 1. The van der Waals surface area contributed by atoms with Gasteiger partial charge in [-0.15, -0.1) is 0 Å². The van der Waals surface area contributed by atoms with E-state index in [0.29, 0.717) is 16.3 Å². The second-order valence-electron chi connectivity index (χ2n) is 5.71. The minimum absolute atomic E-state index is 0.0840. The van der Waals surface area contributed by atoms with Gasteiger partial charge in [-0.05, 0) is 60.2 Å². The Morgan fingerprint density at radius 2 is 1.77 bits per heavy atom. The predicted molar refractivity (Wildman–Crippen MR) is 111 cm³/mol. The third-order valence-electron chi connectivity index (χ3n) is 3.58. The molecule has 3 aromatic rings.